The first-order valence-electron chi connectivity index (χ1n) is 6.13. The summed E-state index contributed by atoms with van der Waals surface area (Å²) in [4.78, 5) is 14.8. The summed E-state index contributed by atoms with van der Waals surface area (Å²) in [7, 11) is 0. The fourth-order valence-electron chi connectivity index (χ4n) is 2.21. The molecule has 0 aliphatic heterocycles. The zero-order valence-corrected chi connectivity index (χ0v) is 12.3. The number of benzene rings is 1. The first-order valence-corrected chi connectivity index (χ1v) is 7.36. The predicted octanol–water partition coefficient (Wildman–Crippen LogP) is 3.05. The topological polar surface area (TPSA) is 40.5 Å². The summed E-state index contributed by atoms with van der Waals surface area (Å²) in [5.74, 6) is -0.803. The Balaban J connectivity index is 3.21. The van der Waals surface area contributed by atoms with Crippen molar-refractivity contribution in [1.29, 1.82) is 0 Å². The van der Waals surface area contributed by atoms with Crippen LogP contribution in [0.15, 0.2) is 29.2 Å². The molecule has 0 spiro atoms. The molecule has 0 heterocycles. The highest BCUT2D eigenvalue weighted by Crippen LogP contribution is 2.30. The molecule has 1 aromatic carbocycles. The van der Waals surface area contributed by atoms with Crippen molar-refractivity contribution in [2.24, 2.45) is 0 Å². The van der Waals surface area contributed by atoms with Gasteiger partial charge in [0.1, 0.15) is 5.54 Å². The number of aliphatic carboxylic acids is 1. The molecule has 1 atom stereocenters. The Morgan fingerprint density at radius 2 is 1.78 bits per heavy atom. The third-order valence-corrected chi connectivity index (χ3v) is 4.21. The molecule has 18 heavy (non-hydrogen) atoms. The normalized spacial score (nSPS) is 14.5. The highest BCUT2D eigenvalue weighted by Gasteiger charge is 2.39. The molecule has 4 heteroatoms. The molecule has 0 fully saturated rings. The monoisotopic (exact) mass is 267 g/mol. The Morgan fingerprint density at radius 1 is 1.28 bits per heavy atom. The van der Waals surface area contributed by atoms with E-state index >= 15 is 0 Å². The maximum Gasteiger partial charge on any atom is 0.328 e. The minimum atomic E-state index is -0.958. The Kier molecular flexibility index (Phi) is 5.23. The number of thioether (sulfide) groups is 1. The molecule has 1 aromatic rings. The number of hydrogen-bond acceptors (Lipinski definition) is 3. The number of hydrogen-bond donors (Lipinski definition) is 1. The molecule has 0 saturated heterocycles. The quantitative estimate of drug-likeness (QED) is 0.804. The second kappa shape index (κ2) is 6.25. The summed E-state index contributed by atoms with van der Waals surface area (Å²) in [6.45, 7) is 7.17. The van der Waals surface area contributed by atoms with Crippen LogP contribution in [-0.2, 0) is 10.3 Å². The van der Waals surface area contributed by atoms with Gasteiger partial charge in [0.15, 0.2) is 0 Å². The lowest BCUT2D eigenvalue weighted by atomic mass is 9.90. The third-order valence-electron chi connectivity index (χ3n) is 3.46. The molecule has 0 aliphatic carbocycles. The first-order chi connectivity index (χ1) is 8.50. The summed E-state index contributed by atoms with van der Waals surface area (Å²) >= 11 is 1.66. The van der Waals surface area contributed by atoms with Crippen molar-refractivity contribution in [3.05, 3.63) is 29.8 Å². The molecule has 0 aromatic heterocycles. The zero-order chi connectivity index (χ0) is 13.8. The molecule has 1 unspecified atom stereocenters. The van der Waals surface area contributed by atoms with Gasteiger partial charge in [-0.3, -0.25) is 4.90 Å². The second-order valence-electron chi connectivity index (χ2n) is 4.28. The van der Waals surface area contributed by atoms with Crippen LogP contribution in [0.3, 0.4) is 0 Å². The van der Waals surface area contributed by atoms with E-state index in [1.54, 1.807) is 18.7 Å². The lowest BCUT2D eigenvalue weighted by molar-refractivity contribution is -0.151. The SMILES string of the molecule is CCN(CC)C(C)(C(=O)O)c1ccc(SC)cc1. The van der Waals surface area contributed by atoms with Crippen LogP contribution >= 0.6 is 11.8 Å². The molecular formula is C14H21NO2S. The summed E-state index contributed by atoms with van der Waals surface area (Å²) < 4.78 is 0. The van der Waals surface area contributed by atoms with E-state index in [1.807, 2.05) is 49.3 Å². The van der Waals surface area contributed by atoms with E-state index in [2.05, 4.69) is 0 Å². The van der Waals surface area contributed by atoms with Gasteiger partial charge < -0.3 is 5.11 Å². The van der Waals surface area contributed by atoms with E-state index in [9.17, 15) is 9.90 Å². The van der Waals surface area contributed by atoms with Crippen molar-refractivity contribution in [2.45, 2.75) is 31.2 Å². The zero-order valence-electron chi connectivity index (χ0n) is 11.4. The average molecular weight is 267 g/mol. The van der Waals surface area contributed by atoms with Crippen molar-refractivity contribution in [3.8, 4) is 0 Å². The van der Waals surface area contributed by atoms with Gasteiger partial charge in [-0.25, -0.2) is 4.79 Å². The van der Waals surface area contributed by atoms with Crippen LogP contribution in [-0.4, -0.2) is 35.3 Å². The average Bonchev–Trinajstić information content (AvgIpc) is 2.39. The van der Waals surface area contributed by atoms with Gasteiger partial charge in [0.2, 0.25) is 0 Å². The van der Waals surface area contributed by atoms with Gasteiger partial charge in [0.05, 0.1) is 0 Å². The van der Waals surface area contributed by atoms with E-state index in [1.165, 1.54) is 0 Å². The smallest absolute Gasteiger partial charge is 0.328 e. The fourth-order valence-corrected chi connectivity index (χ4v) is 2.62. The largest absolute Gasteiger partial charge is 0.480 e. The van der Waals surface area contributed by atoms with Crippen molar-refractivity contribution in [3.63, 3.8) is 0 Å². The van der Waals surface area contributed by atoms with Crippen molar-refractivity contribution in [1.82, 2.24) is 4.90 Å². The Bertz CT molecular complexity index is 401. The van der Waals surface area contributed by atoms with Gasteiger partial charge in [0.25, 0.3) is 0 Å². The lowest BCUT2D eigenvalue weighted by Gasteiger charge is -2.37. The van der Waals surface area contributed by atoms with Crippen LogP contribution in [0.1, 0.15) is 26.3 Å². The van der Waals surface area contributed by atoms with Gasteiger partial charge in [-0.1, -0.05) is 26.0 Å². The van der Waals surface area contributed by atoms with E-state index < -0.39 is 11.5 Å². The van der Waals surface area contributed by atoms with E-state index in [0.29, 0.717) is 13.1 Å². The molecule has 3 nitrogen and oxygen atoms in total. The number of carboxylic acids is 1. The maximum atomic E-state index is 11.7. The van der Waals surface area contributed by atoms with E-state index in [-0.39, 0.29) is 0 Å². The van der Waals surface area contributed by atoms with Crippen LogP contribution < -0.4 is 0 Å². The summed E-state index contributed by atoms with van der Waals surface area (Å²) in [6, 6.07) is 7.78. The van der Waals surface area contributed by atoms with Gasteiger partial charge in [0, 0.05) is 4.90 Å². The van der Waals surface area contributed by atoms with Crippen LogP contribution in [0.25, 0.3) is 0 Å². The number of carboxylic acid groups (broad SMARTS) is 1. The van der Waals surface area contributed by atoms with Gasteiger partial charge in [-0.2, -0.15) is 0 Å². The Labute approximate surface area is 113 Å². The molecule has 0 saturated carbocycles. The standard InChI is InChI=1S/C14H21NO2S/c1-5-15(6-2)14(3,13(16)17)11-7-9-12(18-4)10-8-11/h7-10H,5-6H2,1-4H3,(H,16,17). The molecule has 0 amide bonds. The van der Waals surface area contributed by atoms with Crippen molar-refractivity contribution < 1.29 is 9.90 Å². The number of likely N-dealkylation sites (N-methyl/N-ethyl adjacent to an activating group) is 1. The van der Waals surface area contributed by atoms with Crippen LogP contribution in [0.5, 0.6) is 0 Å². The number of carbonyl (C=O) groups is 1. The molecule has 1 rings (SSSR count). The van der Waals surface area contributed by atoms with Crippen LogP contribution in [0, 0.1) is 0 Å². The third kappa shape index (κ3) is 2.70. The van der Waals surface area contributed by atoms with Gasteiger partial charge in [-0.05, 0) is 44.0 Å². The van der Waals surface area contributed by atoms with E-state index in [0.717, 1.165) is 10.5 Å². The molecule has 100 valence electrons. The molecule has 0 bridgehead atoms. The summed E-state index contributed by atoms with van der Waals surface area (Å²) in [5, 5.41) is 9.60. The number of nitrogens with zero attached hydrogens (tertiary/aromatic N) is 1. The molecule has 0 aliphatic rings. The minimum absolute atomic E-state index is 0.712. The Hall–Kier alpha value is -1.00. The molecular weight excluding hydrogens is 246 g/mol. The fraction of sp³-hybridized carbons (Fsp3) is 0.500. The van der Waals surface area contributed by atoms with Crippen LogP contribution in [0.4, 0.5) is 0 Å². The Morgan fingerprint density at radius 3 is 2.11 bits per heavy atom. The predicted molar refractivity (Wildman–Crippen MR) is 76.1 cm³/mol. The molecule has 0 radical (unpaired) electrons. The van der Waals surface area contributed by atoms with E-state index in [4.69, 9.17) is 0 Å². The minimum Gasteiger partial charge on any atom is -0.480 e. The van der Waals surface area contributed by atoms with Crippen molar-refractivity contribution in [2.75, 3.05) is 19.3 Å². The van der Waals surface area contributed by atoms with Gasteiger partial charge in [-0.15, -0.1) is 11.8 Å². The number of rotatable bonds is 6. The highest BCUT2D eigenvalue weighted by molar-refractivity contribution is 7.98. The van der Waals surface area contributed by atoms with Crippen LogP contribution in [0.2, 0.25) is 0 Å². The molecule has 1 N–H and O–H groups in total. The summed E-state index contributed by atoms with van der Waals surface area (Å²) in [5.41, 5.74) is -0.128. The first kappa shape index (κ1) is 15.1. The maximum absolute atomic E-state index is 11.7. The second-order valence-corrected chi connectivity index (χ2v) is 5.16. The lowest BCUT2D eigenvalue weighted by Crippen LogP contribution is -2.49. The highest BCUT2D eigenvalue weighted by atomic mass is 32.2. The van der Waals surface area contributed by atoms with Gasteiger partial charge >= 0.3 is 5.97 Å². The van der Waals surface area contributed by atoms with Crippen molar-refractivity contribution >= 4 is 17.7 Å². The summed E-state index contributed by atoms with van der Waals surface area (Å²) in [6.07, 6.45) is 2.01.